The van der Waals surface area contributed by atoms with Gasteiger partial charge in [-0.05, 0) is 141 Å². The summed E-state index contributed by atoms with van der Waals surface area (Å²) in [6.45, 7) is 0. The first-order valence-corrected chi connectivity index (χ1v) is 26.7. The maximum Gasteiger partial charge on any atom is 0.0619 e. The molecule has 3 heterocycles. The highest BCUT2D eigenvalue weighted by molar-refractivity contribution is 7.19. The molecule has 0 saturated heterocycles. The molecule has 0 atom stereocenters. The molecule has 10 aromatic carbocycles. The minimum atomic E-state index is 1.08. The summed E-state index contributed by atoms with van der Waals surface area (Å²) >= 11 is 3.66. The molecule has 0 unspecified atom stereocenters. The van der Waals surface area contributed by atoms with Crippen molar-refractivity contribution >= 4 is 50.6 Å². The largest absolute Gasteiger partial charge is 0.311 e. The minimum Gasteiger partial charge on any atom is -0.311 e. The minimum absolute atomic E-state index is 1.08. The van der Waals surface area contributed by atoms with E-state index in [-0.39, 0.29) is 0 Å². The first-order chi connectivity index (χ1) is 36.7. The maximum atomic E-state index is 2.45. The predicted octanol–water partition coefficient (Wildman–Crippen LogP) is 20.6. The van der Waals surface area contributed by atoms with E-state index in [1.807, 2.05) is 22.7 Å². The molecule has 4 heteroatoms. The second-order valence-corrected chi connectivity index (χ2v) is 20.6. The molecule has 0 bridgehead atoms. The van der Waals surface area contributed by atoms with Crippen molar-refractivity contribution in [2.24, 2.45) is 0 Å². The van der Waals surface area contributed by atoms with Crippen molar-refractivity contribution in [1.29, 1.82) is 0 Å². The second-order valence-electron chi connectivity index (χ2n) is 18.5. The number of rotatable bonds is 12. The van der Waals surface area contributed by atoms with Crippen LogP contribution in [0, 0.1) is 0 Å². The third-order valence-corrected chi connectivity index (χ3v) is 16.3. The molecule has 3 aromatic heterocycles. The van der Waals surface area contributed by atoms with Crippen molar-refractivity contribution in [2.45, 2.75) is 0 Å². The summed E-state index contributed by atoms with van der Waals surface area (Å²) in [6, 6.07) is 106. The van der Waals surface area contributed by atoms with Gasteiger partial charge in [0.15, 0.2) is 0 Å². The first-order valence-electron chi connectivity index (χ1n) is 25.1. The highest BCUT2D eigenvalue weighted by atomic mass is 32.1. The molecule has 0 spiro atoms. The van der Waals surface area contributed by atoms with Crippen LogP contribution in [0.3, 0.4) is 0 Å². The number of aromatic nitrogens is 1. The highest BCUT2D eigenvalue weighted by Gasteiger charge is 2.23. The SMILES string of the molecule is c1ccc(-c2ccc(-n3c(-c4ccccc4)c(-c4ccccc4)c4cc(-c5ccc(N(c6ccc(-c7ccc(-c8ccccc8)s7)cc6)c6ccc(-c7ccc(-c8ccccc8)s7)cc6)cc5)ccc43)cc2)cc1. The van der Waals surface area contributed by atoms with Gasteiger partial charge in [-0.3, -0.25) is 0 Å². The number of benzene rings is 10. The zero-order valence-corrected chi connectivity index (χ0v) is 42.1. The fraction of sp³-hybridized carbons (Fsp3) is 0. The van der Waals surface area contributed by atoms with Crippen LogP contribution >= 0.6 is 22.7 Å². The Labute approximate surface area is 440 Å². The molecule has 13 rings (SSSR count). The van der Waals surface area contributed by atoms with Crippen molar-refractivity contribution < 1.29 is 0 Å². The molecule has 350 valence electrons. The van der Waals surface area contributed by atoms with Crippen LogP contribution in [0.4, 0.5) is 17.1 Å². The van der Waals surface area contributed by atoms with E-state index in [9.17, 15) is 0 Å². The molecule has 0 saturated carbocycles. The fourth-order valence-electron chi connectivity index (χ4n) is 10.2. The topological polar surface area (TPSA) is 8.17 Å². The van der Waals surface area contributed by atoms with E-state index in [0.29, 0.717) is 0 Å². The summed E-state index contributed by atoms with van der Waals surface area (Å²) in [7, 11) is 0. The first kappa shape index (κ1) is 44.8. The van der Waals surface area contributed by atoms with Gasteiger partial charge in [0.2, 0.25) is 0 Å². The summed E-state index contributed by atoms with van der Waals surface area (Å²) < 4.78 is 2.45. The number of hydrogen-bond acceptors (Lipinski definition) is 3. The Morgan fingerprint density at radius 1 is 0.257 bits per heavy atom. The summed E-state index contributed by atoms with van der Waals surface area (Å²) in [5.74, 6) is 0. The van der Waals surface area contributed by atoms with Crippen molar-refractivity contribution in [2.75, 3.05) is 4.90 Å². The molecule has 0 aliphatic heterocycles. The van der Waals surface area contributed by atoms with Gasteiger partial charge in [0.05, 0.1) is 11.2 Å². The Kier molecular flexibility index (Phi) is 12.0. The summed E-state index contributed by atoms with van der Waals surface area (Å²) in [5.41, 5.74) is 19.9. The van der Waals surface area contributed by atoms with Crippen molar-refractivity contribution in [3.05, 3.63) is 291 Å². The fourth-order valence-corrected chi connectivity index (χ4v) is 12.3. The second kappa shape index (κ2) is 19.9. The summed E-state index contributed by atoms with van der Waals surface area (Å²) in [5, 5.41) is 1.20. The van der Waals surface area contributed by atoms with Crippen LogP contribution < -0.4 is 4.90 Å². The van der Waals surface area contributed by atoms with Gasteiger partial charge < -0.3 is 9.47 Å². The van der Waals surface area contributed by atoms with Crippen LogP contribution in [0.25, 0.3) is 103 Å². The molecule has 0 N–H and O–H groups in total. The van der Waals surface area contributed by atoms with Crippen LogP contribution in [0.5, 0.6) is 0 Å². The third kappa shape index (κ3) is 8.77. The molecular formula is C70H48N2S2. The zero-order valence-electron chi connectivity index (χ0n) is 40.4. The standard InChI is InChI=1S/C70H48N2S2/c1-6-16-49(17-7-1)50-26-37-62(38-27-50)72-64-43-34-58(48-63(64)69(56-22-12-4-13-23-56)70(72)57-24-14-5-15-25-57)51-28-35-59(36-29-51)71(60-39-30-54(31-40-60)67-46-44-65(73-67)52-18-8-2-9-19-52)61-41-32-55(33-42-61)68-47-45-66(74-68)53-20-10-3-11-21-53/h1-48H. The molecule has 0 amide bonds. The van der Waals surface area contributed by atoms with Crippen molar-refractivity contribution in [3.8, 4) is 92.1 Å². The van der Waals surface area contributed by atoms with E-state index >= 15 is 0 Å². The van der Waals surface area contributed by atoms with Gasteiger partial charge in [0.25, 0.3) is 0 Å². The molecule has 0 fully saturated rings. The summed E-state index contributed by atoms with van der Waals surface area (Å²) in [6.07, 6.45) is 0. The Bertz CT molecular complexity index is 3870. The Morgan fingerprint density at radius 2 is 0.581 bits per heavy atom. The van der Waals surface area contributed by atoms with Gasteiger partial charge in [-0.15, -0.1) is 22.7 Å². The van der Waals surface area contributed by atoms with Gasteiger partial charge in [0, 0.05) is 53.2 Å². The molecule has 2 nitrogen and oxygen atoms in total. The molecular weight excluding hydrogens is 933 g/mol. The van der Waals surface area contributed by atoms with Gasteiger partial charge in [-0.25, -0.2) is 0 Å². The lowest BCUT2D eigenvalue weighted by Crippen LogP contribution is -2.09. The quantitative estimate of drug-likeness (QED) is 0.118. The van der Waals surface area contributed by atoms with E-state index in [1.54, 1.807) is 0 Å². The number of hydrogen-bond donors (Lipinski definition) is 0. The van der Waals surface area contributed by atoms with Crippen molar-refractivity contribution in [1.82, 2.24) is 4.57 Å². The number of anilines is 3. The average Bonchev–Trinajstić information content (AvgIpc) is 4.29. The normalized spacial score (nSPS) is 11.2. The number of fused-ring (bicyclic) bond motifs is 1. The Morgan fingerprint density at radius 3 is 1.03 bits per heavy atom. The van der Waals surface area contributed by atoms with Crippen LogP contribution in [0.2, 0.25) is 0 Å². The van der Waals surface area contributed by atoms with Crippen LogP contribution in [0.1, 0.15) is 0 Å². The number of nitrogens with zero attached hydrogens (tertiary/aromatic N) is 2. The predicted molar refractivity (Wildman–Crippen MR) is 317 cm³/mol. The van der Waals surface area contributed by atoms with Crippen LogP contribution in [-0.2, 0) is 0 Å². The molecule has 0 aliphatic rings. The van der Waals surface area contributed by atoms with E-state index in [1.165, 1.54) is 80.7 Å². The molecule has 13 aromatic rings. The van der Waals surface area contributed by atoms with Gasteiger partial charge in [-0.2, -0.15) is 0 Å². The van der Waals surface area contributed by atoms with Crippen LogP contribution in [0.15, 0.2) is 291 Å². The van der Waals surface area contributed by atoms with E-state index in [4.69, 9.17) is 0 Å². The third-order valence-electron chi connectivity index (χ3n) is 13.9. The molecule has 0 radical (unpaired) electrons. The maximum absolute atomic E-state index is 2.45. The monoisotopic (exact) mass is 980 g/mol. The molecule has 74 heavy (non-hydrogen) atoms. The van der Waals surface area contributed by atoms with Crippen LogP contribution in [-0.4, -0.2) is 4.57 Å². The van der Waals surface area contributed by atoms with Gasteiger partial charge in [0.1, 0.15) is 0 Å². The van der Waals surface area contributed by atoms with Gasteiger partial charge >= 0.3 is 0 Å². The highest BCUT2D eigenvalue weighted by Crippen LogP contribution is 2.46. The smallest absolute Gasteiger partial charge is 0.0619 e. The Hall–Kier alpha value is -9.06. The lowest BCUT2D eigenvalue weighted by Gasteiger charge is -2.26. The Balaban J connectivity index is 0.888. The lowest BCUT2D eigenvalue weighted by atomic mass is 9.96. The van der Waals surface area contributed by atoms with E-state index in [2.05, 4.69) is 301 Å². The lowest BCUT2D eigenvalue weighted by molar-refractivity contribution is 1.14. The zero-order chi connectivity index (χ0) is 49.2. The number of thiophene rings is 2. The summed E-state index contributed by atoms with van der Waals surface area (Å²) in [4.78, 5) is 7.41. The van der Waals surface area contributed by atoms with Crippen molar-refractivity contribution in [3.63, 3.8) is 0 Å². The van der Waals surface area contributed by atoms with Gasteiger partial charge in [-0.1, -0.05) is 206 Å². The average molecular weight is 981 g/mol. The molecule has 0 aliphatic carbocycles. The van der Waals surface area contributed by atoms with E-state index < -0.39 is 0 Å². The van der Waals surface area contributed by atoms with E-state index in [0.717, 1.165) is 39.4 Å².